The van der Waals surface area contributed by atoms with E-state index < -0.39 is 5.60 Å². The molecule has 0 bridgehead atoms. The van der Waals surface area contributed by atoms with E-state index in [1.807, 2.05) is 32.0 Å². The van der Waals surface area contributed by atoms with Crippen LogP contribution in [0.5, 0.6) is 5.75 Å². The number of ether oxygens (including phenoxy) is 1. The van der Waals surface area contributed by atoms with Gasteiger partial charge in [-0.15, -0.1) is 0 Å². The molecule has 1 aromatic rings. The summed E-state index contributed by atoms with van der Waals surface area (Å²) in [5.41, 5.74) is 1.64. The van der Waals surface area contributed by atoms with E-state index in [0.29, 0.717) is 32.0 Å². The molecule has 0 radical (unpaired) electrons. The summed E-state index contributed by atoms with van der Waals surface area (Å²) in [6, 6.07) is 6.07. The minimum Gasteiger partial charge on any atom is -0.493 e. The molecule has 0 unspecified atom stereocenters. The number of carbonyl (C=O) groups is 1. The van der Waals surface area contributed by atoms with Crippen molar-refractivity contribution in [1.82, 2.24) is 4.90 Å². The summed E-state index contributed by atoms with van der Waals surface area (Å²) in [7, 11) is 0. The van der Waals surface area contributed by atoms with Gasteiger partial charge in [0.25, 0.3) is 0 Å². The van der Waals surface area contributed by atoms with Crippen molar-refractivity contribution in [3.05, 3.63) is 29.3 Å². The van der Waals surface area contributed by atoms with Gasteiger partial charge in [-0.1, -0.05) is 12.1 Å². The predicted molar refractivity (Wildman–Crippen MR) is 80.3 cm³/mol. The van der Waals surface area contributed by atoms with Crippen LogP contribution in [0.1, 0.15) is 30.4 Å². The Balaban J connectivity index is 1.43. The second-order valence-corrected chi connectivity index (χ2v) is 6.50. The molecule has 21 heavy (non-hydrogen) atoms. The van der Waals surface area contributed by atoms with Gasteiger partial charge >= 0.3 is 0 Å². The molecule has 0 atom stereocenters. The van der Waals surface area contributed by atoms with Crippen LogP contribution in [0.2, 0.25) is 0 Å². The summed E-state index contributed by atoms with van der Waals surface area (Å²) in [6.45, 7) is 5.42. The van der Waals surface area contributed by atoms with E-state index in [4.69, 9.17) is 4.74 Å². The topological polar surface area (TPSA) is 49.8 Å². The number of aryl methyl sites for hydroxylation is 2. The largest absolute Gasteiger partial charge is 0.493 e. The van der Waals surface area contributed by atoms with E-state index in [-0.39, 0.29) is 5.91 Å². The monoisotopic (exact) mass is 289 g/mol. The maximum Gasteiger partial charge on any atom is 0.226 e. The molecule has 1 saturated heterocycles. The predicted octanol–water partition coefficient (Wildman–Crippen LogP) is 2.06. The van der Waals surface area contributed by atoms with E-state index in [1.54, 1.807) is 4.90 Å². The highest BCUT2D eigenvalue weighted by Gasteiger charge is 2.53. The number of β-amino-alcohol motifs (C(OH)–C–C–N with tert-alkyl or cyclic N) is 1. The number of hydrogen-bond acceptors (Lipinski definition) is 3. The summed E-state index contributed by atoms with van der Waals surface area (Å²) < 4.78 is 5.71. The average Bonchev–Trinajstić information content (AvgIpc) is 3.23. The number of rotatable bonds is 5. The fourth-order valence-corrected chi connectivity index (χ4v) is 2.94. The molecule has 1 amide bonds. The quantitative estimate of drug-likeness (QED) is 0.902. The number of aliphatic hydroxyl groups is 1. The van der Waals surface area contributed by atoms with Crippen LogP contribution in [-0.2, 0) is 4.79 Å². The maximum absolute atomic E-state index is 12.0. The standard InChI is InChI=1S/C17H23NO3/c1-12-3-4-13(2)15(9-12)21-8-7-16(19)18-10-17(20,11-18)14-5-6-14/h3-4,9,14,20H,5-8,10-11H2,1-2H3. The van der Waals surface area contributed by atoms with Gasteiger partial charge in [-0.25, -0.2) is 0 Å². The van der Waals surface area contributed by atoms with Gasteiger partial charge in [-0.2, -0.15) is 0 Å². The Morgan fingerprint density at radius 2 is 2.10 bits per heavy atom. The lowest BCUT2D eigenvalue weighted by atomic mass is 9.88. The molecule has 1 aliphatic carbocycles. The van der Waals surface area contributed by atoms with Crippen LogP contribution in [0.25, 0.3) is 0 Å². The zero-order valence-corrected chi connectivity index (χ0v) is 12.8. The van der Waals surface area contributed by atoms with Crippen molar-refractivity contribution in [2.45, 2.75) is 38.7 Å². The number of benzene rings is 1. The van der Waals surface area contributed by atoms with E-state index in [0.717, 1.165) is 29.7 Å². The number of amides is 1. The van der Waals surface area contributed by atoms with Crippen LogP contribution < -0.4 is 4.74 Å². The summed E-state index contributed by atoms with van der Waals surface area (Å²) in [5, 5.41) is 10.2. The number of nitrogens with zero attached hydrogens (tertiary/aromatic N) is 1. The summed E-state index contributed by atoms with van der Waals surface area (Å²) in [6.07, 6.45) is 2.58. The van der Waals surface area contributed by atoms with Crippen molar-refractivity contribution in [3.63, 3.8) is 0 Å². The van der Waals surface area contributed by atoms with Crippen LogP contribution >= 0.6 is 0 Å². The van der Waals surface area contributed by atoms with Crippen molar-refractivity contribution < 1.29 is 14.6 Å². The first-order valence-corrected chi connectivity index (χ1v) is 7.68. The maximum atomic E-state index is 12.0. The normalized spacial score (nSPS) is 20.0. The van der Waals surface area contributed by atoms with Crippen LogP contribution in [0, 0.1) is 19.8 Å². The van der Waals surface area contributed by atoms with Crippen molar-refractivity contribution in [2.24, 2.45) is 5.92 Å². The van der Waals surface area contributed by atoms with Gasteiger partial charge in [0.2, 0.25) is 5.91 Å². The van der Waals surface area contributed by atoms with Gasteiger partial charge in [0.05, 0.1) is 26.1 Å². The number of carbonyl (C=O) groups excluding carboxylic acids is 1. The fourth-order valence-electron chi connectivity index (χ4n) is 2.94. The molecular weight excluding hydrogens is 266 g/mol. The zero-order chi connectivity index (χ0) is 15.0. The second-order valence-electron chi connectivity index (χ2n) is 6.50. The van der Waals surface area contributed by atoms with Gasteiger partial charge in [-0.05, 0) is 49.8 Å². The Labute approximate surface area is 125 Å². The second kappa shape index (κ2) is 5.34. The van der Waals surface area contributed by atoms with Gasteiger partial charge in [0.15, 0.2) is 0 Å². The first-order chi connectivity index (χ1) is 9.98. The molecule has 0 aromatic heterocycles. The lowest BCUT2D eigenvalue weighted by Crippen LogP contribution is -2.64. The first-order valence-electron chi connectivity index (χ1n) is 7.68. The molecule has 4 heteroatoms. The van der Waals surface area contributed by atoms with E-state index in [1.165, 1.54) is 0 Å². The molecular formula is C17H23NO3. The van der Waals surface area contributed by atoms with Crippen LogP contribution in [0.4, 0.5) is 0 Å². The molecule has 4 nitrogen and oxygen atoms in total. The van der Waals surface area contributed by atoms with Crippen molar-refractivity contribution in [1.29, 1.82) is 0 Å². The van der Waals surface area contributed by atoms with Crippen LogP contribution in [0.3, 0.4) is 0 Å². The third-order valence-corrected chi connectivity index (χ3v) is 4.54. The Bertz CT molecular complexity index is 545. The Hall–Kier alpha value is -1.55. The molecule has 1 N–H and O–H groups in total. The van der Waals surface area contributed by atoms with Gasteiger partial charge in [0, 0.05) is 0 Å². The molecule has 1 aliphatic heterocycles. The number of hydrogen-bond donors (Lipinski definition) is 1. The van der Waals surface area contributed by atoms with Gasteiger partial charge < -0.3 is 14.7 Å². The lowest BCUT2D eigenvalue weighted by Gasteiger charge is -2.47. The highest BCUT2D eigenvalue weighted by Crippen LogP contribution is 2.44. The smallest absolute Gasteiger partial charge is 0.226 e. The Kier molecular flexibility index (Phi) is 3.66. The third kappa shape index (κ3) is 3.05. The van der Waals surface area contributed by atoms with E-state index in [2.05, 4.69) is 0 Å². The SMILES string of the molecule is Cc1ccc(C)c(OCCC(=O)N2CC(O)(C3CC3)C2)c1. The fraction of sp³-hybridized carbons (Fsp3) is 0.588. The van der Waals surface area contributed by atoms with E-state index >= 15 is 0 Å². The molecule has 2 fully saturated rings. The Morgan fingerprint density at radius 1 is 1.38 bits per heavy atom. The summed E-state index contributed by atoms with van der Waals surface area (Å²) in [5.74, 6) is 1.35. The van der Waals surface area contributed by atoms with Gasteiger partial charge in [0.1, 0.15) is 11.4 Å². The minimum atomic E-state index is -0.594. The minimum absolute atomic E-state index is 0.0747. The van der Waals surface area contributed by atoms with Crippen molar-refractivity contribution >= 4 is 5.91 Å². The highest BCUT2D eigenvalue weighted by molar-refractivity contribution is 5.77. The molecule has 3 rings (SSSR count). The van der Waals surface area contributed by atoms with Crippen molar-refractivity contribution in [3.8, 4) is 5.75 Å². The van der Waals surface area contributed by atoms with Crippen LogP contribution in [-0.4, -0.2) is 41.2 Å². The Morgan fingerprint density at radius 3 is 2.76 bits per heavy atom. The highest BCUT2D eigenvalue weighted by atomic mass is 16.5. The molecule has 2 aliphatic rings. The molecule has 1 aromatic carbocycles. The molecule has 1 saturated carbocycles. The first kappa shape index (κ1) is 14.4. The van der Waals surface area contributed by atoms with Crippen molar-refractivity contribution in [2.75, 3.05) is 19.7 Å². The summed E-state index contributed by atoms with van der Waals surface area (Å²) in [4.78, 5) is 13.8. The number of likely N-dealkylation sites (tertiary alicyclic amines) is 1. The van der Waals surface area contributed by atoms with Crippen LogP contribution in [0.15, 0.2) is 18.2 Å². The zero-order valence-electron chi connectivity index (χ0n) is 12.8. The molecule has 114 valence electrons. The molecule has 0 spiro atoms. The third-order valence-electron chi connectivity index (χ3n) is 4.54. The average molecular weight is 289 g/mol. The van der Waals surface area contributed by atoms with Gasteiger partial charge in [-0.3, -0.25) is 4.79 Å². The lowest BCUT2D eigenvalue weighted by molar-refractivity contribution is -0.159. The summed E-state index contributed by atoms with van der Waals surface area (Å²) >= 11 is 0. The molecule has 1 heterocycles. The van der Waals surface area contributed by atoms with E-state index in [9.17, 15) is 9.90 Å².